The maximum Gasteiger partial charge on any atom is 0.282 e. The summed E-state index contributed by atoms with van der Waals surface area (Å²) in [6, 6.07) is 10.6. The molecule has 0 bridgehead atoms. The first-order chi connectivity index (χ1) is 20.6. The molecule has 0 N–H and O–H groups in total. The molecular weight excluding hydrogens is 565 g/mol. The molecule has 4 aromatic rings. The zero-order valence-electron chi connectivity index (χ0n) is 23.3. The Balaban J connectivity index is 1.36. The molecule has 1 fully saturated rings. The lowest BCUT2D eigenvalue weighted by molar-refractivity contribution is -0.120. The molecule has 6 rings (SSSR count). The SMILES string of the molecule is CC(=O)c1cc(-c2cccnc2C(CC(=O)Cn2nc(C(F)F)c3c2C2CC2CC3)Cc2cc(F)cc(F)c2)ccc1F. The molecule has 1 saturated carbocycles. The van der Waals surface area contributed by atoms with Crippen molar-refractivity contribution in [3.05, 3.63) is 106 Å². The Hall–Kier alpha value is -4.21. The fourth-order valence-corrected chi connectivity index (χ4v) is 6.46. The van der Waals surface area contributed by atoms with Crippen molar-refractivity contribution >= 4 is 11.6 Å². The maximum atomic E-state index is 14.3. The van der Waals surface area contributed by atoms with Crippen molar-refractivity contribution in [2.45, 2.75) is 63.8 Å². The van der Waals surface area contributed by atoms with Crippen LogP contribution in [0, 0.1) is 23.4 Å². The number of rotatable bonds is 10. The first-order valence-corrected chi connectivity index (χ1v) is 14.2. The van der Waals surface area contributed by atoms with E-state index in [0.29, 0.717) is 46.0 Å². The molecule has 0 aliphatic heterocycles. The minimum absolute atomic E-state index is 0.0371. The second-order valence-electron chi connectivity index (χ2n) is 11.5. The molecule has 0 saturated heterocycles. The number of hydrogen-bond donors (Lipinski definition) is 0. The number of alkyl halides is 2. The third-order valence-electron chi connectivity index (χ3n) is 8.46. The van der Waals surface area contributed by atoms with Crippen molar-refractivity contribution in [1.82, 2.24) is 14.8 Å². The lowest BCUT2D eigenvalue weighted by Crippen LogP contribution is -2.19. The van der Waals surface area contributed by atoms with Crippen LogP contribution in [-0.4, -0.2) is 26.3 Å². The number of fused-ring (bicyclic) bond motifs is 3. The van der Waals surface area contributed by atoms with Gasteiger partial charge in [-0.05, 0) is 80.0 Å². The molecule has 222 valence electrons. The Bertz CT molecular complexity index is 1710. The fourth-order valence-electron chi connectivity index (χ4n) is 6.46. The van der Waals surface area contributed by atoms with Crippen LogP contribution < -0.4 is 0 Å². The highest BCUT2D eigenvalue weighted by Gasteiger charge is 2.46. The van der Waals surface area contributed by atoms with Gasteiger partial charge in [0.1, 0.15) is 23.1 Å². The van der Waals surface area contributed by atoms with Gasteiger partial charge in [-0.25, -0.2) is 22.0 Å². The highest BCUT2D eigenvalue weighted by molar-refractivity contribution is 5.95. The Kier molecular flexibility index (Phi) is 7.70. The van der Waals surface area contributed by atoms with E-state index in [4.69, 9.17) is 0 Å². The lowest BCUT2D eigenvalue weighted by Gasteiger charge is -2.20. The van der Waals surface area contributed by atoms with E-state index in [1.165, 1.54) is 48.1 Å². The second-order valence-corrected chi connectivity index (χ2v) is 11.5. The van der Waals surface area contributed by atoms with Gasteiger partial charge in [-0.1, -0.05) is 12.1 Å². The summed E-state index contributed by atoms with van der Waals surface area (Å²) in [5.74, 6) is -3.13. The molecule has 3 atom stereocenters. The van der Waals surface area contributed by atoms with Gasteiger partial charge in [0, 0.05) is 47.3 Å². The van der Waals surface area contributed by atoms with Crippen LogP contribution in [0.3, 0.4) is 0 Å². The minimum atomic E-state index is -2.75. The van der Waals surface area contributed by atoms with Gasteiger partial charge < -0.3 is 0 Å². The van der Waals surface area contributed by atoms with Crippen molar-refractivity contribution in [2.24, 2.45) is 5.92 Å². The van der Waals surface area contributed by atoms with Gasteiger partial charge >= 0.3 is 0 Å². The van der Waals surface area contributed by atoms with Crippen LogP contribution in [0.5, 0.6) is 0 Å². The molecule has 43 heavy (non-hydrogen) atoms. The standard InChI is InChI=1S/C33H28F5N3O2/c1-17(42)27-13-19(5-7-29(27)36)25-3-2-8-39-30(25)21(9-18-10-22(34)15-23(35)11-18)12-24(43)16-41-32-26(31(40-41)33(37)38)6-4-20-14-28(20)32/h2-3,5,7-8,10-11,13,15,20-21,28,33H,4,6,9,12,14,16H2,1H3. The number of Topliss-reactive ketones (excluding diaryl/α,β-unsaturated/α-hetero) is 2. The lowest BCUT2D eigenvalue weighted by atomic mass is 9.86. The number of nitrogens with zero attached hydrogens (tertiary/aromatic N) is 3. The van der Waals surface area contributed by atoms with Crippen LogP contribution in [0.2, 0.25) is 0 Å². The summed E-state index contributed by atoms with van der Waals surface area (Å²) in [6.07, 6.45) is 0.911. The van der Waals surface area contributed by atoms with Gasteiger partial charge in [0.25, 0.3) is 6.43 Å². The number of halogens is 5. The molecule has 2 aromatic heterocycles. The molecule has 10 heteroatoms. The highest BCUT2D eigenvalue weighted by atomic mass is 19.3. The van der Waals surface area contributed by atoms with E-state index in [-0.39, 0.29) is 42.3 Å². The number of carbonyl (C=O) groups excluding carboxylic acids is 2. The van der Waals surface area contributed by atoms with Crippen LogP contribution in [-0.2, 0) is 24.2 Å². The van der Waals surface area contributed by atoms with Crippen molar-refractivity contribution in [2.75, 3.05) is 0 Å². The van der Waals surface area contributed by atoms with Gasteiger partial charge in [-0.2, -0.15) is 5.10 Å². The van der Waals surface area contributed by atoms with E-state index < -0.39 is 35.6 Å². The molecule has 0 spiro atoms. The average molecular weight is 594 g/mol. The van der Waals surface area contributed by atoms with Crippen LogP contribution in [0.15, 0.2) is 54.7 Å². The maximum absolute atomic E-state index is 14.3. The molecule has 2 aromatic carbocycles. The van der Waals surface area contributed by atoms with Crippen molar-refractivity contribution in [3.8, 4) is 11.1 Å². The number of pyridine rings is 1. The van der Waals surface area contributed by atoms with Gasteiger partial charge in [0.2, 0.25) is 0 Å². The zero-order valence-corrected chi connectivity index (χ0v) is 23.3. The molecule has 3 unspecified atom stereocenters. The highest BCUT2D eigenvalue weighted by Crippen LogP contribution is 2.55. The molecule has 2 heterocycles. The van der Waals surface area contributed by atoms with E-state index in [0.717, 1.165) is 18.9 Å². The predicted octanol–water partition coefficient (Wildman–Crippen LogP) is 7.54. The van der Waals surface area contributed by atoms with Gasteiger partial charge in [-0.3, -0.25) is 19.3 Å². The minimum Gasteiger partial charge on any atom is -0.298 e. The Morgan fingerprint density at radius 3 is 2.51 bits per heavy atom. The third kappa shape index (κ3) is 5.87. The van der Waals surface area contributed by atoms with Crippen LogP contribution in [0.4, 0.5) is 22.0 Å². The molecule has 2 aliphatic rings. The van der Waals surface area contributed by atoms with E-state index in [9.17, 15) is 31.5 Å². The summed E-state index contributed by atoms with van der Waals surface area (Å²) in [6.45, 7) is 1.03. The summed E-state index contributed by atoms with van der Waals surface area (Å²) in [5.41, 5.74) is 2.60. The Labute approximate surface area is 244 Å². The number of benzene rings is 2. The summed E-state index contributed by atoms with van der Waals surface area (Å²) in [7, 11) is 0. The fraction of sp³-hybridized carbons (Fsp3) is 0.333. The molecule has 5 nitrogen and oxygen atoms in total. The first kappa shape index (κ1) is 28.9. The molecular formula is C33H28F5N3O2. The van der Waals surface area contributed by atoms with Crippen molar-refractivity contribution < 1.29 is 31.5 Å². The predicted molar refractivity (Wildman–Crippen MR) is 148 cm³/mol. The van der Waals surface area contributed by atoms with Crippen molar-refractivity contribution in [1.29, 1.82) is 0 Å². The number of hydrogen-bond acceptors (Lipinski definition) is 4. The summed E-state index contributed by atoms with van der Waals surface area (Å²) < 4.78 is 71.7. The normalized spacial score (nSPS) is 17.8. The van der Waals surface area contributed by atoms with Gasteiger partial charge in [-0.15, -0.1) is 0 Å². The van der Waals surface area contributed by atoms with Gasteiger partial charge in [0.05, 0.1) is 17.8 Å². The quantitative estimate of drug-likeness (QED) is 0.141. The second kappa shape index (κ2) is 11.5. The molecule has 0 amide bonds. The molecule has 0 radical (unpaired) electrons. The van der Waals surface area contributed by atoms with Crippen LogP contribution in [0.25, 0.3) is 11.1 Å². The van der Waals surface area contributed by atoms with E-state index >= 15 is 0 Å². The monoisotopic (exact) mass is 593 g/mol. The summed E-state index contributed by atoms with van der Waals surface area (Å²) in [4.78, 5) is 30.2. The summed E-state index contributed by atoms with van der Waals surface area (Å²) >= 11 is 0. The van der Waals surface area contributed by atoms with E-state index in [1.807, 2.05) is 0 Å². The number of aromatic nitrogens is 3. The van der Waals surface area contributed by atoms with E-state index in [1.54, 1.807) is 12.1 Å². The van der Waals surface area contributed by atoms with Crippen LogP contribution >= 0.6 is 0 Å². The van der Waals surface area contributed by atoms with Crippen molar-refractivity contribution in [3.63, 3.8) is 0 Å². The Morgan fingerprint density at radius 1 is 1.02 bits per heavy atom. The molecule has 2 aliphatic carbocycles. The third-order valence-corrected chi connectivity index (χ3v) is 8.46. The van der Waals surface area contributed by atoms with E-state index in [2.05, 4.69) is 10.1 Å². The van der Waals surface area contributed by atoms with Gasteiger partial charge in [0.15, 0.2) is 11.6 Å². The topological polar surface area (TPSA) is 64.8 Å². The zero-order chi connectivity index (χ0) is 30.4. The Morgan fingerprint density at radius 2 is 1.79 bits per heavy atom. The average Bonchev–Trinajstić information content (AvgIpc) is 3.65. The summed E-state index contributed by atoms with van der Waals surface area (Å²) in [5, 5.41) is 4.16. The number of carbonyl (C=O) groups is 2. The van der Waals surface area contributed by atoms with Crippen LogP contribution in [0.1, 0.15) is 83.0 Å². The number of ketones is 2. The first-order valence-electron chi connectivity index (χ1n) is 14.2. The largest absolute Gasteiger partial charge is 0.298 e. The smallest absolute Gasteiger partial charge is 0.282 e.